The van der Waals surface area contributed by atoms with Gasteiger partial charge in [-0.2, -0.15) is 0 Å². The molecule has 3 aromatic carbocycles. The number of pyridine rings is 1. The van der Waals surface area contributed by atoms with Crippen LogP contribution in [-0.4, -0.2) is 23.0 Å². The van der Waals surface area contributed by atoms with Crippen LogP contribution in [0.3, 0.4) is 0 Å². The van der Waals surface area contributed by atoms with Crippen LogP contribution >= 0.6 is 11.3 Å². The van der Waals surface area contributed by atoms with Crippen LogP contribution in [-0.2, 0) is 6.54 Å². The van der Waals surface area contributed by atoms with Crippen molar-refractivity contribution in [2.24, 2.45) is 0 Å². The third-order valence-corrected chi connectivity index (χ3v) is 6.49. The number of benzene rings is 3. The minimum absolute atomic E-state index is 0.159. The maximum atomic E-state index is 13.9. The van der Waals surface area contributed by atoms with E-state index in [1.54, 1.807) is 24.4 Å². The van der Waals surface area contributed by atoms with Crippen molar-refractivity contribution in [3.63, 3.8) is 0 Å². The summed E-state index contributed by atoms with van der Waals surface area (Å²) in [6.07, 6.45) is 3.50. The van der Waals surface area contributed by atoms with Crippen LogP contribution in [0.5, 0.6) is 5.75 Å². The molecule has 0 aliphatic rings. The number of fused-ring (bicyclic) bond motifs is 2. The first-order valence-corrected chi connectivity index (χ1v) is 11.1. The second kappa shape index (κ2) is 8.40. The number of para-hydroxylation sites is 1. The number of rotatable bonds is 5. The van der Waals surface area contributed by atoms with Gasteiger partial charge in [-0.25, -0.2) is 4.98 Å². The SMILES string of the molecule is COc1cc2ccccc2cc1C(=O)N(Cc1cccnc1)c1nc2c(C)cccc2s1. The number of nitrogens with zero attached hydrogens (tertiary/aromatic N) is 3. The molecule has 0 radical (unpaired) electrons. The van der Waals surface area contributed by atoms with Gasteiger partial charge in [0.2, 0.25) is 0 Å². The molecule has 0 aliphatic carbocycles. The van der Waals surface area contributed by atoms with Crippen molar-refractivity contribution in [3.8, 4) is 5.75 Å². The normalized spacial score (nSPS) is 11.1. The number of anilines is 1. The zero-order valence-electron chi connectivity index (χ0n) is 17.8. The maximum absolute atomic E-state index is 13.9. The highest BCUT2D eigenvalue weighted by molar-refractivity contribution is 7.22. The molecule has 2 aromatic heterocycles. The number of hydrogen-bond acceptors (Lipinski definition) is 5. The Balaban J connectivity index is 1.65. The molecule has 0 atom stereocenters. The lowest BCUT2D eigenvalue weighted by atomic mass is 10.0. The fourth-order valence-corrected chi connectivity index (χ4v) is 4.83. The first kappa shape index (κ1) is 20.2. The summed E-state index contributed by atoms with van der Waals surface area (Å²) in [6, 6.07) is 21.7. The topological polar surface area (TPSA) is 55.3 Å². The fourth-order valence-electron chi connectivity index (χ4n) is 3.79. The molecule has 5 aromatic rings. The Kier molecular flexibility index (Phi) is 5.29. The van der Waals surface area contributed by atoms with Gasteiger partial charge in [-0.05, 0) is 53.1 Å². The van der Waals surface area contributed by atoms with Crippen LogP contribution in [0.2, 0.25) is 0 Å². The van der Waals surface area contributed by atoms with Gasteiger partial charge in [0.15, 0.2) is 5.13 Å². The van der Waals surface area contributed by atoms with E-state index >= 15 is 0 Å². The second-order valence-corrected chi connectivity index (χ2v) is 8.58. The van der Waals surface area contributed by atoms with Crippen molar-refractivity contribution in [1.82, 2.24) is 9.97 Å². The molecule has 5 nitrogen and oxygen atoms in total. The number of ether oxygens (including phenoxy) is 1. The van der Waals surface area contributed by atoms with Crippen molar-refractivity contribution < 1.29 is 9.53 Å². The summed E-state index contributed by atoms with van der Waals surface area (Å²) >= 11 is 1.51. The highest BCUT2D eigenvalue weighted by Crippen LogP contribution is 2.34. The summed E-state index contributed by atoms with van der Waals surface area (Å²) in [5, 5.41) is 2.66. The zero-order chi connectivity index (χ0) is 22.1. The van der Waals surface area contributed by atoms with Crippen LogP contribution < -0.4 is 9.64 Å². The third-order valence-electron chi connectivity index (χ3n) is 5.45. The van der Waals surface area contributed by atoms with E-state index in [9.17, 15) is 4.79 Å². The van der Waals surface area contributed by atoms with Crippen molar-refractivity contribution >= 4 is 43.4 Å². The number of carbonyl (C=O) groups excluding carboxylic acids is 1. The Labute approximate surface area is 189 Å². The molecule has 0 saturated carbocycles. The van der Waals surface area contributed by atoms with Crippen LogP contribution in [0.1, 0.15) is 21.5 Å². The largest absolute Gasteiger partial charge is 0.496 e. The van der Waals surface area contributed by atoms with E-state index in [-0.39, 0.29) is 5.91 Å². The molecule has 0 unspecified atom stereocenters. The molecule has 0 aliphatic heterocycles. The van der Waals surface area contributed by atoms with Gasteiger partial charge in [-0.15, -0.1) is 0 Å². The van der Waals surface area contributed by atoms with E-state index in [4.69, 9.17) is 9.72 Å². The molecule has 0 spiro atoms. The fraction of sp³-hybridized carbons (Fsp3) is 0.115. The number of hydrogen-bond donors (Lipinski definition) is 0. The molecule has 0 saturated heterocycles. The van der Waals surface area contributed by atoms with Gasteiger partial charge in [0.05, 0.1) is 29.4 Å². The predicted octanol–water partition coefficient (Wildman–Crippen LogP) is 6.01. The van der Waals surface area contributed by atoms with Crippen molar-refractivity contribution in [1.29, 1.82) is 0 Å². The Morgan fingerprint density at radius 1 is 1.03 bits per heavy atom. The average molecular weight is 440 g/mol. The Hall–Kier alpha value is -3.77. The first-order valence-electron chi connectivity index (χ1n) is 10.3. The zero-order valence-corrected chi connectivity index (χ0v) is 18.6. The van der Waals surface area contributed by atoms with E-state index in [1.807, 2.05) is 73.7 Å². The molecule has 158 valence electrons. The van der Waals surface area contributed by atoms with Crippen LogP contribution in [0.4, 0.5) is 5.13 Å². The summed E-state index contributed by atoms with van der Waals surface area (Å²) in [5.74, 6) is 0.385. The van der Waals surface area contributed by atoms with Crippen molar-refractivity contribution in [2.45, 2.75) is 13.5 Å². The Morgan fingerprint density at radius 2 is 1.84 bits per heavy atom. The number of aryl methyl sites for hydroxylation is 1. The monoisotopic (exact) mass is 439 g/mol. The number of methoxy groups -OCH3 is 1. The number of amides is 1. The minimum atomic E-state index is -0.159. The van der Waals surface area contributed by atoms with Crippen LogP contribution in [0.25, 0.3) is 21.0 Å². The highest BCUT2D eigenvalue weighted by atomic mass is 32.1. The first-order chi connectivity index (χ1) is 15.6. The van der Waals surface area contributed by atoms with E-state index in [2.05, 4.69) is 4.98 Å². The summed E-state index contributed by atoms with van der Waals surface area (Å²) in [5.41, 5.74) is 3.44. The smallest absolute Gasteiger partial charge is 0.264 e. The Morgan fingerprint density at radius 3 is 2.56 bits per heavy atom. The molecule has 32 heavy (non-hydrogen) atoms. The number of carbonyl (C=O) groups is 1. The van der Waals surface area contributed by atoms with Gasteiger partial charge in [0.1, 0.15) is 5.75 Å². The van der Waals surface area contributed by atoms with E-state index in [1.165, 1.54) is 11.3 Å². The summed E-state index contributed by atoms with van der Waals surface area (Å²) in [4.78, 5) is 24.7. The number of thiazole rings is 1. The maximum Gasteiger partial charge on any atom is 0.264 e. The predicted molar refractivity (Wildman–Crippen MR) is 130 cm³/mol. The summed E-state index contributed by atoms with van der Waals surface area (Å²) in [6.45, 7) is 2.40. The molecular formula is C26H21N3O2S. The lowest BCUT2D eigenvalue weighted by Crippen LogP contribution is -2.30. The van der Waals surface area contributed by atoms with E-state index in [0.29, 0.717) is 23.0 Å². The van der Waals surface area contributed by atoms with E-state index < -0.39 is 0 Å². The second-order valence-electron chi connectivity index (χ2n) is 7.57. The van der Waals surface area contributed by atoms with Gasteiger partial charge in [-0.3, -0.25) is 14.7 Å². The average Bonchev–Trinajstić information content (AvgIpc) is 3.27. The molecule has 2 heterocycles. The highest BCUT2D eigenvalue weighted by Gasteiger charge is 2.25. The summed E-state index contributed by atoms with van der Waals surface area (Å²) in [7, 11) is 1.59. The third kappa shape index (κ3) is 3.69. The molecule has 1 amide bonds. The molecule has 6 heteroatoms. The molecule has 0 fully saturated rings. The van der Waals surface area contributed by atoms with Crippen molar-refractivity contribution in [2.75, 3.05) is 12.0 Å². The molecule has 0 N–H and O–H groups in total. The van der Waals surface area contributed by atoms with E-state index in [0.717, 1.165) is 32.1 Å². The molecule has 5 rings (SSSR count). The van der Waals surface area contributed by atoms with Gasteiger partial charge >= 0.3 is 0 Å². The molecule has 0 bridgehead atoms. The number of aromatic nitrogens is 2. The van der Waals surface area contributed by atoms with Crippen LogP contribution in [0, 0.1) is 6.92 Å². The van der Waals surface area contributed by atoms with Gasteiger partial charge < -0.3 is 4.74 Å². The van der Waals surface area contributed by atoms with Gasteiger partial charge in [0, 0.05) is 12.4 Å². The molecular weight excluding hydrogens is 418 g/mol. The standard InChI is InChI=1S/C26H21N3O2S/c1-17-7-5-11-23-24(17)28-26(32-23)29(16-18-8-6-12-27-15-18)25(30)21-13-19-9-3-4-10-20(19)14-22(21)31-2/h3-15H,16H2,1-2H3. The lowest BCUT2D eigenvalue weighted by molar-refractivity contribution is 0.0982. The van der Waals surface area contributed by atoms with Gasteiger partial charge in [-0.1, -0.05) is 53.8 Å². The quantitative estimate of drug-likeness (QED) is 0.337. The van der Waals surface area contributed by atoms with Crippen LogP contribution in [0.15, 0.2) is 79.1 Å². The summed E-state index contributed by atoms with van der Waals surface area (Å²) < 4.78 is 6.66. The Bertz CT molecular complexity index is 1430. The van der Waals surface area contributed by atoms with Crippen molar-refractivity contribution in [3.05, 3.63) is 95.8 Å². The lowest BCUT2D eigenvalue weighted by Gasteiger charge is -2.21. The van der Waals surface area contributed by atoms with Gasteiger partial charge in [0.25, 0.3) is 5.91 Å². The minimum Gasteiger partial charge on any atom is -0.496 e.